The zero-order valence-corrected chi connectivity index (χ0v) is 11.2. The van der Waals surface area contributed by atoms with E-state index in [0.717, 1.165) is 5.56 Å². The molecule has 100 valence electrons. The van der Waals surface area contributed by atoms with E-state index in [4.69, 9.17) is 12.6 Å². The van der Waals surface area contributed by atoms with E-state index in [0.29, 0.717) is 29.1 Å². The second-order valence-electron chi connectivity index (χ2n) is 4.27. The van der Waals surface area contributed by atoms with Gasteiger partial charge in [0.15, 0.2) is 0 Å². The van der Waals surface area contributed by atoms with E-state index in [1.165, 1.54) is 19.2 Å². The van der Waals surface area contributed by atoms with E-state index in [1.807, 2.05) is 0 Å². The first-order valence-corrected chi connectivity index (χ1v) is 6.07. The van der Waals surface area contributed by atoms with Gasteiger partial charge in [0.25, 0.3) is 0 Å². The number of nitrogens with one attached hydrogen (secondary N) is 1. The van der Waals surface area contributed by atoms with Crippen molar-refractivity contribution in [2.24, 2.45) is 0 Å². The molecule has 1 heterocycles. The smallest absolute Gasteiger partial charge is 0.137 e. The van der Waals surface area contributed by atoms with Crippen molar-refractivity contribution in [2.45, 2.75) is 6.54 Å². The molecule has 0 bridgehead atoms. The van der Waals surface area contributed by atoms with Crippen molar-refractivity contribution in [2.75, 3.05) is 12.4 Å². The summed E-state index contributed by atoms with van der Waals surface area (Å²) in [5, 5.41) is 3.16. The lowest BCUT2D eigenvalue weighted by molar-refractivity contribution is 0.371. The standard InChI is InChI=1S/C15H14BFN2O/c1-10(20-2)14-7-12(16)9-19-15(14)18-8-11-3-5-13(17)6-4-11/h3-7,9H,1,8H2,2H3,(H,18,19). The molecule has 1 aromatic heterocycles. The molecule has 5 heteroatoms. The van der Waals surface area contributed by atoms with Gasteiger partial charge in [0.1, 0.15) is 25.2 Å². The zero-order valence-electron chi connectivity index (χ0n) is 11.2. The Hall–Kier alpha value is -2.30. The molecule has 0 aliphatic heterocycles. The average molecular weight is 268 g/mol. The number of benzene rings is 1. The Labute approximate surface area is 118 Å². The van der Waals surface area contributed by atoms with E-state index in [9.17, 15) is 4.39 Å². The molecule has 2 rings (SSSR count). The minimum atomic E-state index is -0.257. The molecule has 2 radical (unpaired) electrons. The van der Waals surface area contributed by atoms with Gasteiger partial charge in [0, 0.05) is 12.7 Å². The number of aromatic nitrogens is 1. The summed E-state index contributed by atoms with van der Waals surface area (Å²) in [5.41, 5.74) is 2.18. The summed E-state index contributed by atoms with van der Waals surface area (Å²) >= 11 is 0. The first kappa shape index (κ1) is 14.1. The van der Waals surface area contributed by atoms with E-state index in [2.05, 4.69) is 16.9 Å². The number of hydrogen-bond donors (Lipinski definition) is 1. The van der Waals surface area contributed by atoms with E-state index in [-0.39, 0.29) is 5.82 Å². The minimum Gasteiger partial charge on any atom is -0.497 e. The topological polar surface area (TPSA) is 34.2 Å². The van der Waals surface area contributed by atoms with Crippen molar-refractivity contribution in [1.29, 1.82) is 0 Å². The normalized spacial score (nSPS) is 10.1. The number of pyridine rings is 1. The van der Waals surface area contributed by atoms with Crippen molar-refractivity contribution >= 4 is 24.9 Å². The van der Waals surface area contributed by atoms with Gasteiger partial charge in [-0.25, -0.2) is 9.37 Å². The fourth-order valence-electron chi connectivity index (χ4n) is 1.73. The molecule has 20 heavy (non-hydrogen) atoms. The van der Waals surface area contributed by atoms with Crippen LogP contribution in [0.4, 0.5) is 10.2 Å². The predicted molar refractivity (Wildman–Crippen MR) is 79.4 cm³/mol. The van der Waals surface area contributed by atoms with Crippen molar-refractivity contribution in [3.05, 3.63) is 60.1 Å². The van der Waals surface area contributed by atoms with Crippen molar-refractivity contribution in [1.82, 2.24) is 4.98 Å². The van der Waals surface area contributed by atoms with Crippen LogP contribution < -0.4 is 10.8 Å². The lowest BCUT2D eigenvalue weighted by Gasteiger charge is -2.13. The quantitative estimate of drug-likeness (QED) is 0.667. The highest BCUT2D eigenvalue weighted by Gasteiger charge is 2.08. The predicted octanol–water partition coefficient (Wildman–Crippen LogP) is 2.24. The highest BCUT2D eigenvalue weighted by Crippen LogP contribution is 2.20. The first-order valence-electron chi connectivity index (χ1n) is 6.07. The Kier molecular flexibility index (Phi) is 4.40. The summed E-state index contributed by atoms with van der Waals surface area (Å²) in [7, 11) is 7.25. The fraction of sp³-hybridized carbons (Fsp3) is 0.133. The van der Waals surface area contributed by atoms with Crippen molar-refractivity contribution in [3.63, 3.8) is 0 Å². The molecule has 1 N–H and O–H groups in total. The molecule has 2 aromatic rings. The third-order valence-electron chi connectivity index (χ3n) is 2.83. The summed E-state index contributed by atoms with van der Waals surface area (Å²) in [6.45, 7) is 4.32. The van der Waals surface area contributed by atoms with Gasteiger partial charge in [-0.3, -0.25) is 0 Å². The highest BCUT2D eigenvalue weighted by atomic mass is 19.1. The van der Waals surface area contributed by atoms with Crippen molar-refractivity contribution in [3.8, 4) is 0 Å². The Morgan fingerprint density at radius 2 is 2.10 bits per heavy atom. The summed E-state index contributed by atoms with van der Waals surface area (Å²) in [5.74, 6) is 0.842. The Morgan fingerprint density at radius 1 is 1.40 bits per heavy atom. The van der Waals surface area contributed by atoms with Crippen LogP contribution in [0.5, 0.6) is 0 Å². The van der Waals surface area contributed by atoms with Crippen LogP contribution in [0, 0.1) is 5.82 Å². The average Bonchev–Trinajstić information content (AvgIpc) is 2.46. The van der Waals surface area contributed by atoms with Gasteiger partial charge >= 0.3 is 0 Å². The van der Waals surface area contributed by atoms with Gasteiger partial charge < -0.3 is 10.1 Å². The molecule has 0 aliphatic carbocycles. The van der Waals surface area contributed by atoms with Crippen LogP contribution >= 0.6 is 0 Å². The summed E-state index contributed by atoms with van der Waals surface area (Å²) in [6, 6.07) is 8.01. The summed E-state index contributed by atoms with van der Waals surface area (Å²) < 4.78 is 18.0. The lowest BCUT2D eigenvalue weighted by atomic mass is 9.96. The molecule has 0 fully saturated rings. The molecule has 0 spiro atoms. The Bertz CT molecular complexity index is 614. The molecule has 3 nitrogen and oxygen atoms in total. The first-order chi connectivity index (χ1) is 9.60. The number of nitrogens with zero attached hydrogens (tertiary/aromatic N) is 1. The molecule has 0 amide bonds. The van der Waals surface area contributed by atoms with Crippen LogP contribution in [0.25, 0.3) is 5.76 Å². The SMILES string of the molecule is [B]c1cnc(NCc2ccc(F)cc2)c(C(=C)OC)c1. The van der Waals surface area contributed by atoms with Gasteiger partial charge in [-0.2, -0.15) is 0 Å². The number of methoxy groups -OCH3 is 1. The van der Waals surface area contributed by atoms with E-state index < -0.39 is 0 Å². The number of ether oxygens (including phenoxy) is 1. The number of hydrogen-bond acceptors (Lipinski definition) is 3. The van der Waals surface area contributed by atoms with Gasteiger partial charge in [-0.15, -0.1) is 0 Å². The zero-order chi connectivity index (χ0) is 14.5. The molecular formula is C15H14BFN2O. The molecule has 0 aliphatic rings. The minimum absolute atomic E-state index is 0.257. The van der Waals surface area contributed by atoms with Crippen LogP contribution in [0.1, 0.15) is 11.1 Å². The number of rotatable bonds is 5. The third-order valence-corrected chi connectivity index (χ3v) is 2.83. The van der Waals surface area contributed by atoms with Crippen LogP contribution in [0.15, 0.2) is 43.1 Å². The van der Waals surface area contributed by atoms with Crippen molar-refractivity contribution < 1.29 is 9.13 Å². The maximum absolute atomic E-state index is 12.8. The molecule has 1 aromatic carbocycles. The number of halogens is 1. The lowest BCUT2D eigenvalue weighted by Crippen LogP contribution is -2.11. The van der Waals surface area contributed by atoms with Gasteiger partial charge in [0.05, 0.1) is 12.7 Å². The third kappa shape index (κ3) is 3.38. The van der Waals surface area contributed by atoms with Gasteiger partial charge in [-0.05, 0) is 17.7 Å². The van der Waals surface area contributed by atoms with Crippen LogP contribution in [0.2, 0.25) is 0 Å². The second kappa shape index (κ2) is 6.24. The van der Waals surface area contributed by atoms with Gasteiger partial charge in [0.2, 0.25) is 0 Å². The molecule has 0 atom stereocenters. The van der Waals surface area contributed by atoms with Gasteiger partial charge in [-0.1, -0.05) is 30.2 Å². The van der Waals surface area contributed by atoms with Crippen LogP contribution in [-0.2, 0) is 11.3 Å². The van der Waals surface area contributed by atoms with E-state index in [1.54, 1.807) is 24.4 Å². The molecule has 0 saturated heterocycles. The second-order valence-corrected chi connectivity index (χ2v) is 4.27. The molecule has 0 saturated carbocycles. The van der Waals surface area contributed by atoms with Crippen LogP contribution in [0.3, 0.4) is 0 Å². The summed E-state index contributed by atoms with van der Waals surface area (Å²) in [6.07, 6.45) is 1.55. The number of anilines is 1. The Morgan fingerprint density at radius 3 is 2.75 bits per heavy atom. The van der Waals surface area contributed by atoms with Crippen LogP contribution in [-0.4, -0.2) is 19.9 Å². The van der Waals surface area contributed by atoms with E-state index >= 15 is 0 Å². The Balaban J connectivity index is 2.16. The highest BCUT2D eigenvalue weighted by molar-refractivity contribution is 6.32. The fourth-order valence-corrected chi connectivity index (χ4v) is 1.73. The maximum atomic E-state index is 12.8. The maximum Gasteiger partial charge on any atom is 0.137 e. The molecular weight excluding hydrogens is 254 g/mol. The molecule has 0 unspecified atom stereocenters. The monoisotopic (exact) mass is 268 g/mol. The largest absolute Gasteiger partial charge is 0.497 e. The summed E-state index contributed by atoms with van der Waals surface area (Å²) in [4.78, 5) is 4.23.